The molecule has 1 saturated heterocycles. The summed E-state index contributed by atoms with van der Waals surface area (Å²) in [6.07, 6.45) is 3.88. The quantitative estimate of drug-likeness (QED) is 0.733. The minimum Gasteiger partial charge on any atom is -0.484 e. The van der Waals surface area contributed by atoms with Gasteiger partial charge in [0.25, 0.3) is 5.91 Å². The predicted octanol–water partition coefficient (Wildman–Crippen LogP) is 2.77. The molecule has 1 N–H and O–H groups in total. The lowest BCUT2D eigenvalue weighted by molar-refractivity contribution is -0.0245. The van der Waals surface area contributed by atoms with Gasteiger partial charge in [-0.2, -0.15) is 0 Å². The molecule has 3 aromatic rings. The summed E-state index contributed by atoms with van der Waals surface area (Å²) in [5.41, 5.74) is -0.116. The first-order valence-electron chi connectivity index (χ1n) is 9.19. The number of nitrogens with zero attached hydrogens (tertiary/aromatic N) is 3. The van der Waals surface area contributed by atoms with E-state index in [1.807, 2.05) is 48.5 Å². The number of pyridine rings is 1. The summed E-state index contributed by atoms with van der Waals surface area (Å²) >= 11 is 0. The molecule has 0 aliphatic carbocycles. The minimum absolute atomic E-state index is 0.150. The summed E-state index contributed by atoms with van der Waals surface area (Å²) < 4.78 is 11.0. The maximum absolute atomic E-state index is 12.7. The molecule has 0 bridgehead atoms. The van der Waals surface area contributed by atoms with E-state index in [1.165, 1.54) is 6.26 Å². The summed E-state index contributed by atoms with van der Waals surface area (Å²) in [5.74, 6) is 0.838. The van der Waals surface area contributed by atoms with E-state index < -0.39 is 5.60 Å². The van der Waals surface area contributed by atoms with E-state index in [1.54, 1.807) is 11.1 Å². The fraction of sp³-hybridized carbons (Fsp3) is 0.286. The summed E-state index contributed by atoms with van der Waals surface area (Å²) in [6.45, 7) is 1.000. The van der Waals surface area contributed by atoms with Crippen molar-refractivity contribution in [3.8, 4) is 5.75 Å². The van der Waals surface area contributed by atoms with Gasteiger partial charge in [0.2, 0.25) is 5.89 Å². The van der Waals surface area contributed by atoms with Crippen LogP contribution in [0.1, 0.15) is 34.9 Å². The van der Waals surface area contributed by atoms with Gasteiger partial charge in [-0.3, -0.25) is 9.78 Å². The van der Waals surface area contributed by atoms with Crippen LogP contribution in [0.5, 0.6) is 5.75 Å². The molecule has 0 atom stereocenters. The van der Waals surface area contributed by atoms with Crippen LogP contribution >= 0.6 is 0 Å². The molecule has 0 unspecified atom stereocenters. The van der Waals surface area contributed by atoms with Crippen LogP contribution in [0.2, 0.25) is 0 Å². The van der Waals surface area contributed by atoms with E-state index in [9.17, 15) is 9.90 Å². The SMILES string of the molecule is O=C(c1coc(COc2ccccc2)n1)N1CCC(O)(c2ccccn2)CC1. The number of rotatable bonds is 5. The second-order valence-corrected chi connectivity index (χ2v) is 6.77. The van der Waals surface area contributed by atoms with Gasteiger partial charge in [0.1, 0.15) is 17.6 Å². The molecule has 0 spiro atoms. The number of para-hydroxylation sites is 1. The number of benzene rings is 1. The Bertz CT molecular complexity index is 919. The number of amides is 1. The third-order valence-corrected chi connectivity index (χ3v) is 4.90. The Kier molecular flexibility index (Phi) is 5.08. The van der Waals surface area contributed by atoms with Gasteiger partial charge in [-0.1, -0.05) is 24.3 Å². The Labute approximate surface area is 162 Å². The van der Waals surface area contributed by atoms with Crippen molar-refractivity contribution in [2.24, 2.45) is 0 Å². The fourth-order valence-corrected chi connectivity index (χ4v) is 3.27. The van der Waals surface area contributed by atoms with Crippen LogP contribution in [-0.2, 0) is 12.2 Å². The van der Waals surface area contributed by atoms with Crippen LogP contribution in [0.3, 0.4) is 0 Å². The molecule has 1 amide bonds. The van der Waals surface area contributed by atoms with Crippen molar-refractivity contribution in [2.45, 2.75) is 25.0 Å². The molecule has 4 rings (SSSR count). The van der Waals surface area contributed by atoms with E-state index >= 15 is 0 Å². The summed E-state index contributed by atoms with van der Waals surface area (Å²) in [5, 5.41) is 10.8. The first-order chi connectivity index (χ1) is 13.6. The molecule has 144 valence electrons. The van der Waals surface area contributed by atoms with Crippen molar-refractivity contribution >= 4 is 5.91 Å². The Morgan fingerprint density at radius 3 is 2.61 bits per heavy atom. The molecule has 2 aromatic heterocycles. The van der Waals surface area contributed by atoms with E-state index in [-0.39, 0.29) is 18.2 Å². The first-order valence-corrected chi connectivity index (χ1v) is 9.19. The van der Waals surface area contributed by atoms with Gasteiger partial charge in [0, 0.05) is 19.3 Å². The van der Waals surface area contributed by atoms with Gasteiger partial charge in [-0.15, -0.1) is 0 Å². The second kappa shape index (κ2) is 7.82. The highest BCUT2D eigenvalue weighted by Gasteiger charge is 2.37. The third kappa shape index (κ3) is 3.89. The number of carbonyl (C=O) groups excluding carboxylic acids is 1. The number of ether oxygens (including phenoxy) is 1. The highest BCUT2D eigenvalue weighted by atomic mass is 16.5. The molecule has 0 saturated carbocycles. The topological polar surface area (TPSA) is 88.7 Å². The van der Waals surface area contributed by atoms with Crippen LogP contribution in [0.15, 0.2) is 65.4 Å². The normalized spacial score (nSPS) is 16.0. The van der Waals surface area contributed by atoms with Gasteiger partial charge >= 0.3 is 0 Å². The molecular formula is C21H21N3O4. The maximum Gasteiger partial charge on any atom is 0.275 e. The van der Waals surface area contributed by atoms with Gasteiger partial charge < -0.3 is 19.2 Å². The van der Waals surface area contributed by atoms with Crippen molar-refractivity contribution in [1.29, 1.82) is 0 Å². The summed E-state index contributed by atoms with van der Waals surface area (Å²) in [7, 11) is 0. The van der Waals surface area contributed by atoms with Crippen LogP contribution < -0.4 is 4.74 Å². The summed E-state index contributed by atoms with van der Waals surface area (Å²) in [6, 6.07) is 14.8. The van der Waals surface area contributed by atoms with Crippen molar-refractivity contribution in [1.82, 2.24) is 14.9 Å². The second-order valence-electron chi connectivity index (χ2n) is 6.77. The lowest BCUT2D eigenvalue weighted by Crippen LogP contribution is -2.45. The zero-order chi connectivity index (χ0) is 19.4. The standard InChI is InChI=1S/C21H21N3O4/c25-20(17-14-28-19(23-17)15-27-16-6-2-1-3-7-16)24-12-9-21(26,10-13-24)18-8-4-5-11-22-18/h1-8,11,14,26H,9-10,12-13,15H2. The Hall–Kier alpha value is -3.19. The molecule has 3 heterocycles. The molecule has 0 radical (unpaired) electrons. The molecule has 7 heteroatoms. The average molecular weight is 379 g/mol. The first kappa shape index (κ1) is 18.2. The van der Waals surface area contributed by atoms with E-state index in [2.05, 4.69) is 9.97 Å². The maximum atomic E-state index is 12.7. The zero-order valence-corrected chi connectivity index (χ0v) is 15.3. The smallest absolute Gasteiger partial charge is 0.275 e. The van der Waals surface area contributed by atoms with Crippen molar-refractivity contribution < 1.29 is 19.1 Å². The molecule has 1 fully saturated rings. The highest BCUT2D eigenvalue weighted by molar-refractivity contribution is 5.92. The Balaban J connectivity index is 1.35. The number of piperidine rings is 1. The molecule has 1 aromatic carbocycles. The number of hydrogen-bond acceptors (Lipinski definition) is 6. The third-order valence-electron chi connectivity index (χ3n) is 4.90. The largest absolute Gasteiger partial charge is 0.484 e. The minimum atomic E-state index is -1.00. The van der Waals surface area contributed by atoms with Crippen molar-refractivity contribution in [3.63, 3.8) is 0 Å². The Morgan fingerprint density at radius 1 is 1.14 bits per heavy atom. The zero-order valence-electron chi connectivity index (χ0n) is 15.3. The van der Waals surface area contributed by atoms with Crippen LogP contribution in [0, 0.1) is 0 Å². The van der Waals surface area contributed by atoms with Gasteiger partial charge in [-0.05, 0) is 37.1 Å². The monoisotopic (exact) mass is 379 g/mol. The van der Waals surface area contributed by atoms with Crippen LogP contribution in [-0.4, -0.2) is 39.0 Å². The Morgan fingerprint density at radius 2 is 1.89 bits per heavy atom. The highest BCUT2D eigenvalue weighted by Crippen LogP contribution is 2.31. The van der Waals surface area contributed by atoms with Gasteiger partial charge in [-0.25, -0.2) is 4.98 Å². The number of hydrogen-bond donors (Lipinski definition) is 1. The lowest BCUT2D eigenvalue weighted by Gasteiger charge is -2.37. The van der Waals surface area contributed by atoms with E-state index in [4.69, 9.17) is 9.15 Å². The number of aliphatic hydroxyl groups is 1. The fourth-order valence-electron chi connectivity index (χ4n) is 3.27. The summed E-state index contributed by atoms with van der Waals surface area (Å²) in [4.78, 5) is 22.9. The van der Waals surface area contributed by atoms with Crippen molar-refractivity contribution in [3.05, 3.63) is 78.3 Å². The van der Waals surface area contributed by atoms with Crippen molar-refractivity contribution in [2.75, 3.05) is 13.1 Å². The molecular weight excluding hydrogens is 358 g/mol. The number of oxazole rings is 1. The molecule has 1 aliphatic rings. The predicted molar refractivity (Wildman–Crippen MR) is 101 cm³/mol. The number of likely N-dealkylation sites (tertiary alicyclic amines) is 1. The van der Waals surface area contributed by atoms with Crippen LogP contribution in [0.25, 0.3) is 0 Å². The lowest BCUT2D eigenvalue weighted by atomic mass is 9.87. The van der Waals surface area contributed by atoms with Crippen LogP contribution in [0.4, 0.5) is 0 Å². The van der Waals surface area contributed by atoms with Gasteiger partial charge in [0.15, 0.2) is 12.3 Å². The number of carbonyl (C=O) groups is 1. The molecule has 28 heavy (non-hydrogen) atoms. The van der Waals surface area contributed by atoms with E-state index in [0.29, 0.717) is 43.3 Å². The average Bonchev–Trinajstić information content (AvgIpc) is 3.23. The van der Waals surface area contributed by atoms with E-state index in [0.717, 1.165) is 0 Å². The molecule has 7 nitrogen and oxygen atoms in total. The van der Waals surface area contributed by atoms with Gasteiger partial charge in [0.05, 0.1) is 5.69 Å². The molecule has 1 aliphatic heterocycles. The number of aromatic nitrogens is 2.